The Labute approximate surface area is 162 Å². The molecule has 1 aliphatic heterocycles. The van der Waals surface area contributed by atoms with Crippen molar-refractivity contribution in [1.29, 1.82) is 0 Å². The Morgan fingerprint density at radius 2 is 1.67 bits per heavy atom. The number of hydrogen-bond donors (Lipinski definition) is 1. The van der Waals surface area contributed by atoms with E-state index in [1.54, 1.807) is 24.3 Å². The van der Waals surface area contributed by atoms with Crippen LogP contribution in [0.4, 0.5) is 0 Å². The van der Waals surface area contributed by atoms with Crippen molar-refractivity contribution in [3.8, 4) is 5.75 Å². The number of benzene rings is 1. The third kappa shape index (κ3) is 6.89. The summed E-state index contributed by atoms with van der Waals surface area (Å²) in [4.78, 5) is 25.2. The Morgan fingerprint density at radius 3 is 2.30 bits per heavy atom. The van der Waals surface area contributed by atoms with Gasteiger partial charge in [-0.2, -0.15) is 0 Å². The van der Waals surface area contributed by atoms with Crippen LogP contribution in [-0.4, -0.2) is 41.1 Å². The molecule has 150 valence electrons. The number of carboxylic acids is 1. The molecular formula is C22H33NO4. The van der Waals surface area contributed by atoms with E-state index in [9.17, 15) is 14.7 Å². The number of aliphatic carboxylic acids is 1. The molecule has 0 aromatic heterocycles. The van der Waals surface area contributed by atoms with Crippen molar-refractivity contribution in [1.82, 2.24) is 4.90 Å². The minimum Gasteiger partial charge on any atom is -0.494 e. The first-order valence-corrected chi connectivity index (χ1v) is 10.4. The number of rotatable bonds is 12. The Bertz CT molecular complexity index is 584. The highest BCUT2D eigenvalue weighted by Crippen LogP contribution is 2.22. The number of hydrogen-bond acceptors (Lipinski definition) is 3. The van der Waals surface area contributed by atoms with Crippen molar-refractivity contribution in [3.05, 3.63) is 29.8 Å². The Hall–Kier alpha value is -2.04. The van der Waals surface area contributed by atoms with E-state index in [2.05, 4.69) is 6.92 Å². The summed E-state index contributed by atoms with van der Waals surface area (Å²) in [5.74, 6) is -0.383. The first-order chi connectivity index (χ1) is 13.1. The molecule has 1 aromatic rings. The van der Waals surface area contributed by atoms with Gasteiger partial charge in [-0.25, -0.2) is 4.79 Å². The predicted molar refractivity (Wildman–Crippen MR) is 106 cm³/mol. The summed E-state index contributed by atoms with van der Waals surface area (Å²) >= 11 is 0. The first-order valence-electron chi connectivity index (χ1n) is 10.4. The number of nitrogens with zero attached hydrogens (tertiary/aromatic N) is 1. The molecule has 0 bridgehead atoms. The molecule has 1 aliphatic rings. The summed E-state index contributed by atoms with van der Waals surface area (Å²) in [6.45, 7) is 3.43. The van der Waals surface area contributed by atoms with Crippen LogP contribution in [0.2, 0.25) is 0 Å². The van der Waals surface area contributed by atoms with Gasteiger partial charge in [0.15, 0.2) is 0 Å². The number of likely N-dealkylation sites (tertiary alicyclic amines) is 1. The van der Waals surface area contributed by atoms with Crippen molar-refractivity contribution < 1.29 is 19.4 Å². The van der Waals surface area contributed by atoms with E-state index in [0.717, 1.165) is 18.6 Å². The van der Waals surface area contributed by atoms with Gasteiger partial charge in [0.1, 0.15) is 11.8 Å². The van der Waals surface area contributed by atoms with Gasteiger partial charge in [-0.15, -0.1) is 0 Å². The second-order valence-corrected chi connectivity index (χ2v) is 7.34. The number of carboxylic acid groups (broad SMARTS) is 1. The molecule has 1 unspecified atom stereocenters. The third-order valence-corrected chi connectivity index (χ3v) is 5.17. The molecule has 1 N–H and O–H groups in total. The lowest BCUT2D eigenvalue weighted by molar-refractivity contribution is -0.141. The number of amides is 1. The van der Waals surface area contributed by atoms with E-state index >= 15 is 0 Å². The van der Waals surface area contributed by atoms with E-state index in [-0.39, 0.29) is 5.91 Å². The zero-order chi connectivity index (χ0) is 19.5. The van der Waals surface area contributed by atoms with E-state index in [1.807, 2.05) is 0 Å². The molecule has 0 radical (unpaired) electrons. The van der Waals surface area contributed by atoms with Gasteiger partial charge in [-0.1, -0.05) is 51.9 Å². The van der Waals surface area contributed by atoms with Gasteiger partial charge in [-0.3, -0.25) is 4.79 Å². The fourth-order valence-corrected chi connectivity index (χ4v) is 3.55. The minimum atomic E-state index is -0.925. The van der Waals surface area contributed by atoms with Crippen molar-refractivity contribution >= 4 is 11.9 Å². The fourth-order valence-electron chi connectivity index (χ4n) is 3.55. The maximum atomic E-state index is 12.5. The molecule has 1 heterocycles. The molecule has 1 amide bonds. The largest absolute Gasteiger partial charge is 0.494 e. The van der Waals surface area contributed by atoms with Gasteiger partial charge in [0.05, 0.1) is 6.61 Å². The van der Waals surface area contributed by atoms with E-state index in [1.165, 1.54) is 49.8 Å². The summed E-state index contributed by atoms with van der Waals surface area (Å²) in [5.41, 5.74) is 0.516. The maximum absolute atomic E-state index is 12.5. The van der Waals surface area contributed by atoms with Crippen LogP contribution in [0.25, 0.3) is 0 Å². The molecule has 5 nitrogen and oxygen atoms in total. The van der Waals surface area contributed by atoms with E-state index in [4.69, 9.17) is 4.74 Å². The van der Waals surface area contributed by atoms with Gasteiger partial charge in [0.25, 0.3) is 5.91 Å². The standard InChI is InChI=1S/C22H33NO4/c1-2-3-4-5-6-7-8-9-17-27-19-14-12-18(13-15-19)21(24)23-16-10-11-20(23)22(25)26/h12-15,20H,2-11,16-17H2,1H3,(H,25,26). The van der Waals surface area contributed by atoms with Crippen LogP contribution in [0.3, 0.4) is 0 Å². The Morgan fingerprint density at radius 1 is 1.04 bits per heavy atom. The van der Waals surface area contributed by atoms with Gasteiger partial charge < -0.3 is 14.7 Å². The van der Waals surface area contributed by atoms with Crippen molar-refractivity contribution in [2.24, 2.45) is 0 Å². The number of carbonyl (C=O) groups excluding carboxylic acids is 1. The van der Waals surface area contributed by atoms with Crippen molar-refractivity contribution in [2.75, 3.05) is 13.2 Å². The van der Waals surface area contributed by atoms with Crippen molar-refractivity contribution in [3.63, 3.8) is 0 Å². The highest BCUT2D eigenvalue weighted by atomic mass is 16.5. The summed E-state index contributed by atoms with van der Waals surface area (Å²) in [5, 5.41) is 9.22. The molecule has 1 aromatic carbocycles. The Balaban J connectivity index is 1.68. The average molecular weight is 376 g/mol. The summed E-state index contributed by atoms with van der Waals surface area (Å²) in [7, 11) is 0. The molecule has 1 fully saturated rings. The van der Waals surface area contributed by atoms with Gasteiger partial charge >= 0.3 is 5.97 Å². The fraction of sp³-hybridized carbons (Fsp3) is 0.636. The second kappa shape index (κ2) is 11.6. The number of carbonyl (C=O) groups is 2. The van der Waals surface area contributed by atoms with Gasteiger partial charge in [0.2, 0.25) is 0 Å². The lowest BCUT2D eigenvalue weighted by atomic mass is 10.1. The maximum Gasteiger partial charge on any atom is 0.326 e. The number of unbranched alkanes of at least 4 members (excludes halogenated alkanes) is 7. The van der Waals surface area contributed by atoms with Crippen LogP contribution in [0.15, 0.2) is 24.3 Å². The zero-order valence-corrected chi connectivity index (χ0v) is 16.5. The molecule has 27 heavy (non-hydrogen) atoms. The number of ether oxygens (including phenoxy) is 1. The van der Waals surface area contributed by atoms with Crippen LogP contribution < -0.4 is 4.74 Å². The van der Waals surface area contributed by atoms with Crippen LogP contribution in [0.1, 0.15) is 81.5 Å². The van der Waals surface area contributed by atoms with E-state index in [0.29, 0.717) is 25.1 Å². The predicted octanol–water partition coefficient (Wildman–Crippen LogP) is 4.90. The smallest absolute Gasteiger partial charge is 0.326 e. The van der Waals surface area contributed by atoms with Crippen LogP contribution in [0, 0.1) is 0 Å². The lowest BCUT2D eigenvalue weighted by Gasteiger charge is -2.21. The molecular weight excluding hydrogens is 342 g/mol. The second-order valence-electron chi connectivity index (χ2n) is 7.34. The SMILES string of the molecule is CCCCCCCCCCOc1ccc(C(=O)N2CCCC2C(=O)O)cc1. The molecule has 0 spiro atoms. The quantitative estimate of drug-likeness (QED) is 0.528. The lowest BCUT2D eigenvalue weighted by Crippen LogP contribution is -2.40. The average Bonchev–Trinajstić information content (AvgIpc) is 3.17. The summed E-state index contributed by atoms with van der Waals surface area (Å²) in [6, 6.07) is 6.34. The van der Waals surface area contributed by atoms with Crippen molar-refractivity contribution in [2.45, 2.75) is 77.2 Å². The molecule has 2 rings (SSSR count). The van der Waals surface area contributed by atoms with Crippen LogP contribution in [0.5, 0.6) is 5.75 Å². The zero-order valence-electron chi connectivity index (χ0n) is 16.5. The monoisotopic (exact) mass is 375 g/mol. The highest BCUT2D eigenvalue weighted by molar-refractivity contribution is 5.97. The van der Waals surface area contributed by atoms with Crippen LogP contribution in [-0.2, 0) is 4.79 Å². The molecule has 0 aliphatic carbocycles. The normalized spacial score (nSPS) is 16.5. The Kier molecular flexibility index (Phi) is 9.16. The van der Waals surface area contributed by atoms with Gasteiger partial charge in [0, 0.05) is 12.1 Å². The summed E-state index contributed by atoms with van der Waals surface area (Å²) in [6.07, 6.45) is 11.4. The third-order valence-electron chi connectivity index (χ3n) is 5.17. The van der Waals surface area contributed by atoms with Crippen LogP contribution >= 0.6 is 0 Å². The van der Waals surface area contributed by atoms with Gasteiger partial charge in [-0.05, 0) is 43.5 Å². The molecule has 5 heteroatoms. The molecule has 0 saturated carbocycles. The first kappa shape index (κ1) is 21.3. The minimum absolute atomic E-state index is 0.213. The summed E-state index contributed by atoms with van der Waals surface area (Å²) < 4.78 is 5.75. The molecule has 1 atom stereocenters. The topological polar surface area (TPSA) is 66.8 Å². The molecule has 1 saturated heterocycles. The van der Waals surface area contributed by atoms with E-state index < -0.39 is 12.0 Å². The highest BCUT2D eigenvalue weighted by Gasteiger charge is 2.34.